The number of aryl methyl sites for hydroxylation is 1. The highest BCUT2D eigenvalue weighted by Crippen LogP contribution is 2.28. The molecular formula is C21H19ClN4O. The summed E-state index contributed by atoms with van der Waals surface area (Å²) in [6.45, 7) is 0.664. The Bertz CT molecular complexity index is 1090. The first kappa shape index (κ1) is 17.4. The van der Waals surface area contributed by atoms with Gasteiger partial charge in [0.1, 0.15) is 11.6 Å². The van der Waals surface area contributed by atoms with Crippen molar-refractivity contribution >= 4 is 28.5 Å². The summed E-state index contributed by atoms with van der Waals surface area (Å²) in [5.41, 5.74) is 5.27. The third-order valence-electron chi connectivity index (χ3n) is 4.55. The average molecular weight is 379 g/mol. The van der Waals surface area contributed by atoms with Crippen LogP contribution in [0.3, 0.4) is 0 Å². The van der Waals surface area contributed by atoms with Crippen LogP contribution in [-0.2, 0) is 13.6 Å². The maximum atomic E-state index is 6.14. The van der Waals surface area contributed by atoms with E-state index in [1.165, 1.54) is 0 Å². The fourth-order valence-electron chi connectivity index (χ4n) is 3.12. The zero-order valence-electron chi connectivity index (χ0n) is 14.8. The molecule has 2 aromatic heterocycles. The van der Waals surface area contributed by atoms with Gasteiger partial charge in [0.2, 0.25) is 0 Å². The Balaban J connectivity index is 1.58. The predicted octanol–water partition coefficient (Wildman–Crippen LogP) is 4.76. The van der Waals surface area contributed by atoms with Crippen LogP contribution in [0.15, 0.2) is 66.7 Å². The van der Waals surface area contributed by atoms with Gasteiger partial charge in [-0.15, -0.1) is 0 Å². The van der Waals surface area contributed by atoms with Crippen molar-refractivity contribution in [2.45, 2.75) is 6.54 Å². The molecule has 0 aliphatic carbocycles. The molecule has 0 aliphatic heterocycles. The van der Waals surface area contributed by atoms with Crippen molar-refractivity contribution in [1.29, 1.82) is 0 Å². The molecule has 0 spiro atoms. The van der Waals surface area contributed by atoms with Crippen LogP contribution >= 0.6 is 11.6 Å². The van der Waals surface area contributed by atoms with Gasteiger partial charge in [0.05, 0.1) is 16.7 Å². The molecule has 6 heteroatoms. The van der Waals surface area contributed by atoms with Crippen molar-refractivity contribution in [3.63, 3.8) is 0 Å². The molecule has 3 N–H and O–H groups in total. The number of nitrogens with two attached hydrogens (primary N) is 1. The number of hydrogen-bond donors (Lipinski definition) is 2. The lowest BCUT2D eigenvalue weighted by molar-refractivity contribution is 0.334. The molecule has 0 unspecified atom stereocenters. The quantitative estimate of drug-likeness (QED) is 0.491. The highest BCUT2D eigenvalue weighted by Gasteiger charge is 2.10. The number of hydrogen-bond acceptors (Lipinski definition) is 4. The molecule has 4 rings (SSSR count). The molecule has 27 heavy (non-hydrogen) atoms. The van der Waals surface area contributed by atoms with E-state index >= 15 is 0 Å². The number of fused-ring (bicyclic) bond motifs is 1. The first-order valence-electron chi connectivity index (χ1n) is 8.56. The lowest BCUT2D eigenvalue weighted by atomic mass is 10.1. The molecule has 0 fully saturated rings. The van der Waals surface area contributed by atoms with Gasteiger partial charge in [-0.25, -0.2) is 4.98 Å². The van der Waals surface area contributed by atoms with Crippen LogP contribution in [0, 0.1) is 0 Å². The largest absolute Gasteiger partial charge is 0.412 e. The van der Waals surface area contributed by atoms with E-state index in [-0.39, 0.29) is 0 Å². The minimum absolute atomic E-state index is 0.635. The highest BCUT2D eigenvalue weighted by atomic mass is 35.5. The second-order valence-electron chi connectivity index (χ2n) is 6.32. The summed E-state index contributed by atoms with van der Waals surface area (Å²) in [6.07, 6.45) is 0. The molecule has 0 atom stereocenters. The summed E-state index contributed by atoms with van der Waals surface area (Å²) in [7, 11) is 2.04. The number of nitrogens with one attached hydrogen (secondary N) is 1. The van der Waals surface area contributed by atoms with Crippen molar-refractivity contribution in [2.75, 3.05) is 5.32 Å². The van der Waals surface area contributed by atoms with Crippen LogP contribution in [0.25, 0.3) is 22.3 Å². The smallest absolute Gasteiger partial charge is 0.146 e. The normalized spacial score (nSPS) is 10.9. The van der Waals surface area contributed by atoms with Gasteiger partial charge in [0, 0.05) is 18.6 Å². The maximum Gasteiger partial charge on any atom is 0.146 e. The highest BCUT2D eigenvalue weighted by molar-refractivity contribution is 6.30. The van der Waals surface area contributed by atoms with Crippen LogP contribution in [-0.4, -0.2) is 9.55 Å². The van der Waals surface area contributed by atoms with Crippen LogP contribution in [0.5, 0.6) is 5.75 Å². The minimum atomic E-state index is 0.635. The van der Waals surface area contributed by atoms with Crippen molar-refractivity contribution < 1.29 is 4.84 Å². The summed E-state index contributed by atoms with van der Waals surface area (Å²) < 4.78 is 2.13. The van der Waals surface area contributed by atoms with Gasteiger partial charge < -0.3 is 14.7 Å². The lowest BCUT2D eigenvalue weighted by Gasteiger charge is -2.07. The van der Waals surface area contributed by atoms with Crippen molar-refractivity contribution in [1.82, 2.24) is 9.55 Å². The first-order valence-corrected chi connectivity index (χ1v) is 8.94. The van der Waals surface area contributed by atoms with Crippen molar-refractivity contribution in [3.8, 4) is 17.0 Å². The predicted molar refractivity (Wildman–Crippen MR) is 110 cm³/mol. The number of rotatable bonds is 5. The minimum Gasteiger partial charge on any atom is -0.412 e. The van der Waals surface area contributed by atoms with E-state index in [4.69, 9.17) is 27.3 Å². The van der Waals surface area contributed by atoms with E-state index in [9.17, 15) is 0 Å². The fraction of sp³-hybridized carbons (Fsp3) is 0.0952. The summed E-state index contributed by atoms with van der Waals surface area (Å²) in [5.74, 6) is 6.61. The average Bonchev–Trinajstić information content (AvgIpc) is 3.03. The summed E-state index contributed by atoms with van der Waals surface area (Å²) in [4.78, 5) is 9.44. The second-order valence-corrected chi connectivity index (χ2v) is 6.75. The Morgan fingerprint density at radius 2 is 1.89 bits per heavy atom. The molecule has 4 aromatic rings. The van der Waals surface area contributed by atoms with Crippen LogP contribution in [0.2, 0.25) is 5.02 Å². The van der Waals surface area contributed by atoms with Crippen LogP contribution in [0.4, 0.5) is 5.82 Å². The number of benzene rings is 2. The molecule has 2 aromatic carbocycles. The topological polar surface area (TPSA) is 65.1 Å². The molecule has 0 saturated carbocycles. The lowest BCUT2D eigenvalue weighted by Crippen LogP contribution is -2.03. The molecule has 5 nitrogen and oxygen atoms in total. The summed E-state index contributed by atoms with van der Waals surface area (Å²) >= 11 is 6.14. The van der Waals surface area contributed by atoms with E-state index in [2.05, 4.69) is 22.0 Å². The van der Waals surface area contributed by atoms with E-state index in [0.717, 1.165) is 38.7 Å². The monoisotopic (exact) mass is 378 g/mol. The standard InChI is InChI=1S/C21H19ClN4O/c1-26-19-9-10-21(24-13-14-5-7-17(27-23)8-6-14)25-18(19)12-20(26)15-3-2-4-16(22)11-15/h2-12H,13,23H2,1H3,(H,24,25). The number of anilines is 1. The van der Waals surface area contributed by atoms with Gasteiger partial charge in [0.15, 0.2) is 0 Å². The Labute approximate surface area is 162 Å². The third-order valence-corrected chi connectivity index (χ3v) is 4.79. The van der Waals surface area contributed by atoms with E-state index in [1.54, 1.807) is 0 Å². The van der Waals surface area contributed by atoms with E-state index in [1.807, 2.05) is 61.6 Å². The molecule has 0 radical (unpaired) electrons. The van der Waals surface area contributed by atoms with Crippen LogP contribution < -0.4 is 16.1 Å². The number of halogens is 1. The van der Waals surface area contributed by atoms with Gasteiger partial charge in [-0.1, -0.05) is 35.9 Å². The van der Waals surface area contributed by atoms with E-state index in [0.29, 0.717) is 12.3 Å². The molecule has 0 bridgehead atoms. The van der Waals surface area contributed by atoms with Gasteiger partial charge >= 0.3 is 0 Å². The van der Waals surface area contributed by atoms with Gasteiger partial charge in [-0.2, -0.15) is 5.90 Å². The zero-order chi connectivity index (χ0) is 18.8. The number of aromatic nitrogens is 2. The SMILES string of the molecule is Cn1c(-c2cccc(Cl)c2)cc2nc(NCc3ccc(ON)cc3)ccc21. The van der Waals surface area contributed by atoms with Crippen molar-refractivity contribution in [3.05, 3.63) is 77.3 Å². The van der Waals surface area contributed by atoms with E-state index < -0.39 is 0 Å². The number of nitrogens with zero attached hydrogens (tertiary/aromatic N) is 2. The summed E-state index contributed by atoms with van der Waals surface area (Å²) in [5, 5.41) is 4.08. The second kappa shape index (κ2) is 7.31. The van der Waals surface area contributed by atoms with Crippen LogP contribution in [0.1, 0.15) is 5.56 Å². The third kappa shape index (κ3) is 3.60. The summed E-state index contributed by atoms with van der Waals surface area (Å²) in [6, 6.07) is 21.6. The molecule has 0 saturated heterocycles. The van der Waals surface area contributed by atoms with Gasteiger partial charge in [-0.05, 0) is 53.6 Å². The van der Waals surface area contributed by atoms with Crippen molar-refractivity contribution in [2.24, 2.45) is 12.9 Å². The molecule has 0 aliphatic rings. The Morgan fingerprint density at radius 3 is 2.63 bits per heavy atom. The fourth-order valence-corrected chi connectivity index (χ4v) is 3.31. The van der Waals surface area contributed by atoms with Gasteiger partial charge in [-0.3, -0.25) is 0 Å². The Kier molecular flexibility index (Phi) is 4.71. The molecular weight excluding hydrogens is 360 g/mol. The number of pyridine rings is 1. The first-order chi connectivity index (χ1) is 13.1. The molecule has 136 valence electrons. The molecule has 0 amide bonds. The zero-order valence-corrected chi connectivity index (χ0v) is 15.6. The molecule has 2 heterocycles. The van der Waals surface area contributed by atoms with Gasteiger partial charge in [0.25, 0.3) is 0 Å². The maximum absolute atomic E-state index is 6.14. The Hall–Kier alpha value is -3.02. The Morgan fingerprint density at radius 1 is 1.07 bits per heavy atom.